The van der Waals surface area contributed by atoms with E-state index in [0.717, 1.165) is 32.4 Å². The lowest BCUT2D eigenvalue weighted by molar-refractivity contribution is 0.0958. The molecule has 0 amide bonds. The van der Waals surface area contributed by atoms with Crippen LogP contribution < -0.4 is 10.1 Å². The lowest BCUT2D eigenvalue weighted by Gasteiger charge is -2.11. The predicted molar refractivity (Wildman–Crippen MR) is 69.0 cm³/mol. The molecular formula is C13H21N3O2. The summed E-state index contributed by atoms with van der Waals surface area (Å²) in [6, 6.07) is 0.312. The van der Waals surface area contributed by atoms with E-state index in [-0.39, 0.29) is 5.78 Å². The van der Waals surface area contributed by atoms with Crippen LogP contribution in [0.5, 0.6) is 5.75 Å². The number of Topliss-reactive ketones (excluding diaryl/α,β-unsaturated/α-hetero) is 1. The van der Waals surface area contributed by atoms with Crippen LogP contribution in [0.1, 0.15) is 43.1 Å². The smallest absolute Gasteiger partial charge is 0.186 e. The van der Waals surface area contributed by atoms with Gasteiger partial charge >= 0.3 is 0 Å². The number of aryl methyl sites for hydroxylation is 1. The maximum atomic E-state index is 12.4. The van der Waals surface area contributed by atoms with E-state index in [2.05, 4.69) is 17.3 Å². The van der Waals surface area contributed by atoms with Crippen LogP contribution in [-0.4, -0.2) is 35.3 Å². The first-order valence-corrected chi connectivity index (χ1v) is 6.62. The summed E-state index contributed by atoms with van der Waals surface area (Å²) in [4.78, 5) is 12.4. The Morgan fingerprint density at radius 3 is 3.11 bits per heavy atom. The number of aromatic nitrogens is 2. The Morgan fingerprint density at radius 2 is 2.50 bits per heavy atom. The molecule has 2 rings (SSSR count). The van der Waals surface area contributed by atoms with Gasteiger partial charge in [0, 0.05) is 19.0 Å². The molecule has 100 valence electrons. The average Bonchev–Trinajstić information content (AvgIpc) is 2.98. The van der Waals surface area contributed by atoms with Gasteiger partial charge in [0.1, 0.15) is 5.69 Å². The van der Waals surface area contributed by atoms with Crippen molar-refractivity contribution in [2.45, 2.75) is 45.2 Å². The molecule has 1 aromatic heterocycles. The van der Waals surface area contributed by atoms with Crippen molar-refractivity contribution < 1.29 is 9.53 Å². The van der Waals surface area contributed by atoms with Crippen LogP contribution in [0.15, 0.2) is 6.20 Å². The third-order valence-electron chi connectivity index (χ3n) is 3.32. The summed E-state index contributed by atoms with van der Waals surface area (Å²) in [7, 11) is 1.58. The molecule has 1 aliphatic heterocycles. The minimum absolute atomic E-state index is 0.122. The molecule has 1 aliphatic rings. The molecule has 1 unspecified atom stereocenters. The standard InChI is InChI=1S/C13H21N3O2/c1-3-7-16-13(12(18-2)9-15-16)11(17)8-10-5-4-6-14-10/h9-10,14H,3-8H2,1-2H3. The molecule has 1 N–H and O–H groups in total. The van der Waals surface area contributed by atoms with Gasteiger partial charge in [0.05, 0.1) is 13.3 Å². The quantitative estimate of drug-likeness (QED) is 0.781. The van der Waals surface area contributed by atoms with Crippen LogP contribution in [-0.2, 0) is 6.54 Å². The Balaban J connectivity index is 2.13. The molecule has 1 atom stereocenters. The molecule has 1 fully saturated rings. The topological polar surface area (TPSA) is 56.2 Å². The first kappa shape index (κ1) is 13.1. The highest BCUT2D eigenvalue weighted by atomic mass is 16.5. The Morgan fingerprint density at radius 1 is 1.67 bits per heavy atom. The predicted octanol–water partition coefficient (Wildman–Crippen LogP) is 1.63. The molecular weight excluding hydrogens is 230 g/mol. The van der Waals surface area contributed by atoms with E-state index in [1.54, 1.807) is 18.0 Å². The summed E-state index contributed by atoms with van der Waals surface area (Å²) >= 11 is 0. The highest BCUT2D eigenvalue weighted by molar-refractivity contribution is 5.97. The Hall–Kier alpha value is -1.36. The number of nitrogens with zero attached hydrogens (tertiary/aromatic N) is 2. The molecule has 0 aliphatic carbocycles. The number of rotatable bonds is 6. The summed E-state index contributed by atoms with van der Waals surface area (Å²) in [5.74, 6) is 0.712. The van der Waals surface area contributed by atoms with Crippen molar-refractivity contribution in [2.24, 2.45) is 0 Å². The van der Waals surface area contributed by atoms with E-state index < -0.39 is 0 Å². The fourth-order valence-electron chi connectivity index (χ4n) is 2.43. The summed E-state index contributed by atoms with van der Waals surface area (Å²) in [5, 5.41) is 7.57. The van der Waals surface area contributed by atoms with Crippen LogP contribution in [0.4, 0.5) is 0 Å². The number of methoxy groups -OCH3 is 1. The zero-order valence-corrected chi connectivity index (χ0v) is 11.1. The van der Waals surface area contributed by atoms with E-state index in [1.165, 1.54) is 0 Å². The molecule has 0 saturated carbocycles. The Kier molecular flexibility index (Phi) is 4.36. The lowest BCUT2D eigenvalue weighted by atomic mass is 10.1. The maximum absolute atomic E-state index is 12.4. The number of ketones is 1. The summed E-state index contributed by atoms with van der Waals surface area (Å²) in [6.07, 6.45) is 5.35. The summed E-state index contributed by atoms with van der Waals surface area (Å²) in [6.45, 7) is 3.84. The number of carbonyl (C=O) groups excluding carboxylic acids is 1. The minimum atomic E-state index is 0.122. The Bertz CT molecular complexity index is 408. The highest BCUT2D eigenvalue weighted by Gasteiger charge is 2.24. The van der Waals surface area contributed by atoms with Crippen molar-refractivity contribution in [3.63, 3.8) is 0 Å². The number of hydrogen-bond donors (Lipinski definition) is 1. The molecule has 2 heterocycles. The fourth-order valence-corrected chi connectivity index (χ4v) is 2.43. The SMILES string of the molecule is CCCn1ncc(OC)c1C(=O)CC1CCCN1. The first-order valence-electron chi connectivity index (χ1n) is 6.62. The van der Waals surface area contributed by atoms with Gasteiger partial charge < -0.3 is 10.1 Å². The van der Waals surface area contributed by atoms with Gasteiger partial charge in [-0.1, -0.05) is 6.92 Å². The molecule has 5 heteroatoms. The second kappa shape index (κ2) is 6.00. The van der Waals surface area contributed by atoms with E-state index in [0.29, 0.717) is 23.9 Å². The second-order valence-electron chi connectivity index (χ2n) is 4.71. The molecule has 1 saturated heterocycles. The van der Waals surface area contributed by atoms with E-state index in [1.807, 2.05) is 0 Å². The zero-order chi connectivity index (χ0) is 13.0. The molecule has 18 heavy (non-hydrogen) atoms. The van der Waals surface area contributed by atoms with Crippen molar-refractivity contribution in [3.05, 3.63) is 11.9 Å². The maximum Gasteiger partial charge on any atom is 0.186 e. The van der Waals surface area contributed by atoms with E-state index in [9.17, 15) is 4.79 Å². The van der Waals surface area contributed by atoms with Gasteiger partial charge in [0.25, 0.3) is 0 Å². The summed E-state index contributed by atoms with van der Waals surface area (Å²) in [5.41, 5.74) is 0.619. The van der Waals surface area contributed by atoms with Gasteiger partial charge in [-0.05, 0) is 25.8 Å². The lowest BCUT2D eigenvalue weighted by Crippen LogP contribution is -2.26. The molecule has 0 aromatic carbocycles. The number of ether oxygens (including phenoxy) is 1. The van der Waals surface area contributed by atoms with E-state index in [4.69, 9.17) is 4.74 Å². The molecule has 5 nitrogen and oxygen atoms in total. The van der Waals surface area contributed by atoms with Crippen LogP contribution in [0.3, 0.4) is 0 Å². The van der Waals surface area contributed by atoms with Gasteiger partial charge in [-0.15, -0.1) is 0 Å². The van der Waals surface area contributed by atoms with Crippen LogP contribution in [0, 0.1) is 0 Å². The molecule has 0 spiro atoms. The number of nitrogens with one attached hydrogen (secondary N) is 1. The molecule has 0 bridgehead atoms. The van der Waals surface area contributed by atoms with Crippen molar-refractivity contribution >= 4 is 5.78 Å². The molecule has 0 radical (unpaired) electrons. The Labute approximate surface area is 108 Å². The van der Waals surface area contributed by atoms with Crippen LogP contribution in [0.2, 0.25) is 0 Å². The van der Waals surface area contributed by atoms with Crippen LogP contribution >= 0.6 is 0 Å². The van der Waals surface area contributed by atoms with Gasteiger partial charge in [-0.3, -0.25) is 9.48 Å². The van der Waals surface area contributed by atoms with Gasteiger partial charge in [0.2, 0.25) is 0 Å². The third-order valence-corrected chi connectivity index (χ3v) is 3.32. The summed E-state index contributed by atoms with van der Waals surface area (Å²) < 4.78 is 6.99. The van der Waals surface area contributed by atoms with Gasteiger partial charge in [-0.25, -0.2) is 0 Å². The van der Waals surface area contributed by atoms with Gasteiger partial charge in [0.15, 0.2) is 11.5 Å². The number of carbonyl (C=O) groups is 1. The van der Waals surface area contributed by atoms with Gasteiger partial charge in [-0.2, -0.15) is 5.10 Å². The average molecular weight is 251 g/mol. The van der Waals surface area contributed by atoms with E-state index >= 15 is 0 Å². The minimum Gasteiger partial charge on any atom is -0.493 e. The highest BCUT2D eigenvalue weighted by Crippen LogP contribution is 2.21. The zero-order valence-electron chi connectivity index (χ0n) is 11.1. The normalized spacial score (nSPS) is 19.1. The van der Waals surface area contributed by atoms with Crippen molar-refractivity contribution in [1.82, 2.24) is 15.1 Å². The monoisotopic (exact) mass is 251 g/mol. The second-order valence-corrected chi connectivity index (χ2v) is 4.71. The fraction of sp³-hybridized carbons (Fsp3) is 0.692. The molecule has 1 aromatic rings. The largest absolute Gasteiger partial charge is 0.493 e. The van der Waals surface area contributed by atoms with Crippen molar-refractivity contribution in [3.8, 4) is 5.75 Å². The number of hydrogen-bond acceptors (Lipinski definition) is 4. The van der Waals surface area contributed by atoms with Crippen molar-refractivity contribution in [2.75, 3.05) is 13.7 Å². The first-order chi connectivity index (χ1) is 8.76. The third kappa shape index (κ3) is 2.72. The van der Waals surface area contributed by atoms with Crippen molar-refractivity contribution in [1.29, 1.82) is 0 Å². The van der Waals surface area contributed by atoms with Crippen LogP contribution in [0.25, 0.3) is 0 Å².